The molecule has 0 aromatic heterocycles. The molecule has 0 unspecified atom stereocenters. The number of rotatable bonds is 4. The van der Waals surface area contributed by atoms with Crippen LogP contribution >= 0.6 is 0 Å². The van der Waals surface area contributed by atoms with Crippen molar-refractivity contribution in [2.24, 2.45) is 50.7 Å². The molecule has 5 aliphatic carbocycles. The number of aliphatic hydroxyl groups excluding tert-OH is 6. The number of carbonyl (C=O) groups excluding carboxylic acids is 1. The summed E-state index contributed by atoms with van der Waals surface area (Å²) in [7, 11) is 0. The molecular formula is C36H56O12. The first-order valence-electron chi connectivity index (χ1n) is 17.7. The number of hydrogen-bond acceptors (Lipinski definition) is 11. The zero-order chi connectivity index (χ0) is 35.6. The molecule has 0 spiro atoms. The Labute approximate surface area is 282 Å². The van der Waals surface area contributed by atoms with Gasteiger partial charge in [-0.15, -0.1) is 0 Å². The van der Waals surface area contributed by atoms with E-state index in [0.717, 1.165) is 5.57 Å². The zero-order valence-electron chi connectivity index (χ0n) is 29.0. The lowest BCUT2D eigenvalue weighted by Gasteiger charge is -2.71. The lowest BCUT2D eigenvalue weighted by atomic mass is 9.33. The van der Waals surface area contributed by atoms with Crippen molar-refractivity contribution in [2.45, 2.75) is 141 Å². The number of carboxylic acid groups (broad SMARTS) is 1. The van der Waals surface area contributed by atoms with Gasteiger partial charge in [0, 0.05) is 5.92 Å². The number of ether oxygens (including phenoxy) is 2. The van der Waals surface area contributed by atoms with E-state index in [9.17, 15) is 50.4 Å². The molecule has 1 saturated heterocycles. The highest BCUT2D eigenvalue weighted by molar-refractivity contribution is 5.79. The average molecular weight is 681 g/mol. The molecule has 12 nitrogen and oxygen atoms in total. The molecule has 48 heavy (non-hydrogen) atoms. The van der Waals surface area contributed by atoms with E-state index >= 15 is 0 Å². The number of fused-ring (bicyclic) bond motifs is 7. The van der Waals surface area contributed by atoms with Gasteiger partial charge < -0.3 is 50.3 Å². The third-order valence-electron chi connectivity index (χ3n) is 15.6. The van der Waals surface area contributed by atoms with E-state index < -0.39 is 94.6 Å². The van der Waals surface area contributed by atoms with Gasteiger partial charge in [0.2, 0.25) is 6.29 Å². The first-order chi connectivity index (χ1) is 22.2. The van der Waals surface area contributed by atoms with E-state index in [4.69, 9.17) is 9.47 Å². The maximum Gasteiger partial charge on any atom is 0.317 e. The summed E-state index contributed by atoms with van der Waals surface area (Å²) in [5.41, 5.74) is -3.94. The first kappa shape index (κ1) is 36.2. The number of hydrogen-bond donors (Lipinski definition) is 8. The lowest BCUT2D eigenvalue weighted by molar-refractivity contribution is -0.303. The summed E-state index contributed by atoms with van der Waals surface area (Å²) >= 11 is 0. The van der Waals surface area contributed by atoms with Crippen molar-refractivity contribution in [3.63, 3.8) is 0 Å². The average Bonchev–Trinajstić information content (AvgIpc) is 3.02. The minimum Gasteiger partial charge on any atom is -0.481 e. The van der Waals surface area contributed by atoms with E-state index in [1.54, 1.807) is 6.92 Å². The maximum absolute atomic E-state index is 14.2. The largest absolute Gasteiger partial charge is 0.481 e. The SMILES string of the molecule is C[C@@H]1[C@@H]2C3=CC[C@@H]4[C@@]5(C)C[C@@H](O)[C@H](O)[C@](C)(C(=O)O[C@@H]6O[C@H](CO)[C@H](O)[C@H](O)[C@H]6O)[C@@H]5CC[C@@]4(C)[C@]3(C)CC[C@@]2(C(=O)O)CC[C@]1(C)O. The number of carboxylic acids is 1. The summed E-state index contributed by atoms with van der Waals surface area (Å²) in [6.07, 6.45) is -4.82. The van der Waals surface area contributed by atoms with E-state index in [-0.39, 0.29) is 29.6 Å². The predicted octanol–water partition coefficient (Wildman–Crippen LogP) is 1.50. The van der Waals surface area contributed by atoms with Gasteiger partial charge in [-0.1, -0.05) is 39.3 Å². The quantitative estimate of drug-likeness (QED) is 0.157. The van der Waals surface area contributed by atoms with Gasteiger partial charge in [0.15, 0.2) is 0 Å². The van der Waals surface area contributed by atoms with E-state index in [1.807, 2.05) is 13.8 Å². The molecule has 0 aromatic carbocycles. The number of allylic oxidation sites excluding steroid dienone is 2. The Morgan fingerprint density at radius 3 is 2.19 bits per heavy atom. The molecule has 5 fully saturated rings. The molecule has 1 heterocycles. The van der Waals surface area contributed by atoms with Gasteiger partial charge in [-0.05, 0) is 99.2 Å². The van der Waals surface area contributed by atoms with Crippen LogP contribution in [0.25, 0.3) is 0 Å². The highest BCUT2D eigenvalue weighted by atomic mass is 16.7. The lowest BCUT2D eigenvalue weighted by Crippen LogP contribution is -2.70. The summed E-state index contributed by atoms with van der Waals surface area (Å²) in [5, 5.41) is 85.8. The van der Waals surface area contributed by atoms with Crippen LogP contribution in [0, 0.1) is 50.7 Å². The minimum atomic E-state index is -1.81. The smallest absolute Gasteiger partial charge is 0.317 e. The minimum absolute atomic E-state index is 0.0595. The highest BCUT2D eigenvalue weighted by Gasteiger charge is 2.73. The summed E-state index contributed by atoms with van der Waals surface area (Å²) in [4.78, 5) is 27.2. The van der Waals surface area contributed by atoms with Gasteiger partial charge in [-0.25, -0.2) is 0 Å². The molecule has 8 N–H and O–H groups in total. The Morgan fingerprint density at radius 1 is 0.917 bits per heavy atom. The Hall–Kier alpha value is -1.64. The van der Waals surface area contributed by atoms with Crippen molar-refractivity contribution in [3.05, 3.63) is 11.6 Å². The van der Waals surface area contributed by atoms with E-state index in [1.165, 1.54) is 0 Å². The molecule has 17 atom stereocenters. The molecule has 272 valence electrons. The highest BCUT2D eigenvalue weighted by Crippen LogP contribution is 2.76. The normalized spacial score (nSPS) is 56.4. The topological polar surface area (TPSA) is 214 Å². The molecule has 1 aliphatic heterocycles. The van der Waals surface area contributed by atoms with Gasteiger partial charge in [-0.2, -0.15) is 0 Å². The number of esters is 1. The molecular weight excluding hydrogens is 624 g/mol. The van der Waals surface area contributed by atoms with Crippen molar-refractivity contribution in [1.29, 1.82) is 0 Å². The molecule has 0 bridgehead atoms. The fraction of sp³-hybridized carbons (Fsp3) is 0.889. The molecule has 12 heteroatoms. The molecule has 0 amide bonds. The van der Waals surface area contributed by atoms with Crippen molar-refractivity contribution in [3.8, 4) is 0 Å². The second-order valence-corrected chi connectivity index (χ2v) is 17.5. The summed E-state index contributed by atoms with van der Waals surface area (Å²) in [5.74, 6) is -2.85. The van der Waals surface area contributed by atoms with Gasteiger partial charge in [0.05, 0.1) is 35.2 Å². The van der Waals surface area contributed by atoms with Crippen LogP contribution < -0.4 is 0 Å². The Balaban J connectivity index is 1.37. The van der Waals surface area contributed by atoms with Gasteiger partial charge in [0.1, 0.15) is 24.4 Å². The van der Waals surface area contributed by atoms with Crippen LogP contribution in [0.4, 0.5) is 0 Å². The maximum atomic E-state index is 14.2. The number of aliphatic hydroxyl groups is 7. The van der Waals surface area contributed by atoms with Crippen LogP contribution in [-0.2, 0) is 19.1 Å². The fourth-order valence-corrected chi connectivity index (χ4v) is 12.3. The van der Waals surface area contributed by atoms with E-state index in [0.29, 0.717) is 44.9 Å². The van der Waals surface area contributed by atoms with Crippen molar-refractivity contribution < 1.29 is 59.9 Å². The monoisotopic (exact) mass is 680 g/mol. The molecule has 0 radical (unpaired) electrons. The zero-order valence-corrected chi connectivity index (χ0v) is 29.0. The second kappa shape index (κ2) is 11.4. The Bertz CT molecular complexity index is 1350. The number of aliphatic carboxylic acids is 1. The summed E-state index contributed by atoms with van der Waals surface area (Å²) < 4.78 is 11.1. The third kappa shape index (κ3) is 4.55. The Morgan fingerprint density at radius 2 is 1.56 bits per heavy atom. The van der Waals surface area contributed by atoms with Crippen LogP contribution in [0.3, 0.4) is 0 Å². The fourth-order valence-electron chi connectivity index (χ4n) is 12.3. The van der Waals surface area contributed by atoms with Crippen LogP contribution in [0.2, 0.25) is 0 Å². The van der Waals surface area contributed by atoms with Crippen LogP contribution in [-0.4, -0.2) is 108 Å². The van der Waals surface area contributed by atoms with E-state index in [2.05, 4.69) is 26.8 Å². The molecule has 6 rings (SSSR count). The van der Waals surface area contributed by atoms with Crippen molar-refractivity contribution in [2.75, 3.05) is 6.61 Å². The third-order valence-corrected chi connectivity index (χ3v) is 15.6. The van der Waals surface area contributed by atoms with Crippen LogP contribution in [0.5, 0.6) is 0 Å². The molecule has 4 saturated carbocycles. The number of carbonyl (C=O) groups is 2. The second-order valence-electron chi connectivity index (χ2n) is 17.5. The summed E-state index contributed by atoms with van der Waals surface area (Å²) in [6, 6.07) is 0. The summed E-state index contributed by atoms with van der Waals surface area (Å²) in [6.45, 7) is 11.2. The van der Waals surface area contributed by atoms with Gasteiger partial charge in [0.25, 0.3) is 0 Å². The standard InChI is InChI=1S/C36H56O12/c1-17-23-18-7-8-21-31(2)15-19(38)27(42)35(6,30(45)48-28-26(41)25(40)24(39)20(16-37)47-28)22(31)9-10-33(21,4)32(18,3)11-13-36(23,29(43)44)14-12-34(17,5)46/h7,17,19-28,37-42,46H,8-16H2,1-6H3,(H,43,44)/t17-,19-,20-,21-,22-,23-,24+,25+,26-,27+,28+,31-,32-,33-,34+,35-,36-/m1/s1. The molecule has 6 aliphatic rings. The van der Waals surface area contributed by atoms with Gasteiger partial charge in [-0.3, -0.25) is 9.59 Å². The van der Waals surface area contributed by atoms with Crippen LogP contribution in [0.15, 0.2) is 11.6 Å². The van der Waals surface area contributed by atoms with Crippen LogP contribution in [0.1, 0.15) is 92.9 Å². The van der Waals surface area contributed by atoms with Crippen molar-refractivity contribution in [1.82, 2.24) is 0 Å². The molecule has 0 aromatic rings. The van der Waals surface area contributed by atoms with Gasteiger partial charge >= 0.3 is 11.9 Å². The first-order valence-corrected chi connectivity index (χ1v) is 17.7. The predicted molar refractivity (Wildman–Crippen MR) is 170 cm³/mol. The Kier molecular flexibility index (Phi) is 8.61. The van der Waals surface area contributed by atoms with Crippen molar-refractivity contribution >= 4 is 11.9 Å².